The van der Waals surface area contributed by atoms with E-state index in [4.69, 9.17) is 5.73 Å². The summed E-state index contributed by atoms with van der Waals surface area (Å²) >= 11 is 0. The van der Waals surface area contributed by atoms with Gasteiger partial charge in [0.05, 0.1) is 17.4 Å². The zero-order valence-corrected chi connectivity index (χ0v) is 12.6. The Balaban J connectivity index is 2.05. The first kappa shape index (κ1) is 14.5. The number of nitrogens with two attached hydrogens (primary N) is 1. The highest BCUT2D eigenvalue weighted by Gasteiger charge is 2.28. The van der Waals surface area contributed by atoms with Gasteiger partial charge in [0, 0.05) is 19.1 Å². The van der Waals surface area contributed by atoms with E-state index in [1.807, 2.05) is 4.68 Å². The van der Waals surface area contributed by atoms with Gasteiger partial charge in [-0.3, -0.25) is 4.90 Å². The lowest BCUT2D eigenvalue weighted by Gasteiger charge is -2.38. The lowest BCUT2D eigenvalue weighted by Crippen LogP contribution is -2.48. The quantitative estimate of drug-likeness (QED) is 0.901. The second kappa shape index (κ2) is 5.59. The molecule has 19 heavy (non-hydrogen) atoms. The van der Waals surface area contributed by atoms with E-state index in [1.165, 1.54) is 12.8 Å². The summed E-state index contributed by atoms with van der Waals surface area (Å²) in [5.41, 5.74) is 6.97. The normalized spacial score (nSPS) is 25.7. The van der Waals surface area contributed by atoms with Gasteiger partial charge in [0.15, 0.2) is 0 Å². The van der Waals surface area contributed by atoms with Gasteiger partial charge in [-0.1, -0.05) is 12.1 Å². The van der Waals surface area contributed by atoms with Crippen LogP contribution in [0, 0.1) is 5.92 Å². The fourth-order valence-electron chi connectivity index (χ4n) is 2.82. The van der Waals surface area contributed by atoms with E-state index in [-0.39, 0.29) is 5.54 Å². The van der Waals surface area contributed by atoms with E-state index in [0.717, 1.165) is 25.3 Å². The minimum atomic E-state index is -0.00624. The van der Waals surface area contributed by atoms with Gasteiger partial charge in [-0.05, 0) is 46.1 Å². The summed E-state index contributed by atoms with van der Waals surface area (Å²) < 4.78 is 1.94. The van der Waals surface area contributed by atoms with Crippen molar-refractivity contribution in [2.45, 2.75) is 58.7 Å². The Hall–Kier alpha value is -0.940. The number of nitrogens with zero attached hydrogens (tertiary/aromatic N) is 4. The Kier molecular flexibility index (Phi) is 4.26. The SMILES string of the molecule is CC1CCCN(Cc2cn(C(C)(C)C)nn2)C1CN. The maximum absolute atomic E-state index is 5.93. The van der Waals surface area contributed by atoms with Crippen molar-refractivity contribution >= 4 is 0 Å². The first-order valence-electron chi connectivity index (χ1n) is 7.27. The van der Waals surface area contributed by atoms with Crippen molar-refractivity contribution in [3.8, 4) is 0 Å². The van der Waals surface area contributed by atoms with Crippen molar-refractivity contribution in [2.24, 2.45) is 11.7 Å². The van der Waals surface area contributed by atoms with Gasteiger partial charge in [0.25, 0.3) is 0 Å². The maximum Gasteiger partial charge on any atom is 0.0967 e. The van der Waals surface area contributed by atoms with Crippen LogP contribution in [0.2, 0.25) is 0 Å². The summed E-state index contributed by atoms with van der Waals surface area (Å²) in [4.78, 5) is 2.46. The van der Waals surface area contributed by atoms with Crippen molar-refractivity contribution in [2.75, 3.05) is 13.1 Å². The summed E-state index contributed by atoms with van der Waals surface area (Å²) in [6.45, 7) is 11.4. The van der Waals surface area contributed by atoms with Crippen molar-refractivity contribution in [3.05, 3.63) is 11.9 Å². The molecule has 1 aromatic rings. The third-order valence-electron chi connectivity index (χ3n) is 4.07. The molecule has 0 amide bonds. The minimum Gasteiger partial charge on any atom is -0.329 e. The largest absolute Gasteiger partial charge is 0.329 e. The van der Waals surface area contributed by atoms with E-state index >= 15 is 0 Å². The summed E-state index contributed by atoms with van der Waals surface area (Å²) in [6, 6.07) is 0.480. The molecule has 5 heteroatoms. The highest BCUT2D eigenvalue weighted by atomic mass is 15.4. The van der Waals surface area contributed by atoms with E-state index in [0.29, 0.717) is 12.0 Å². The molecule has 1 aliphatic heterocycles. The molecule has 0 aromatic carbocycles. The smallest absolute Gasteiger partial charge is 0.0967 e. The molecule has 1 aliphatic rings. The molecule has 2 rings (SSSR count). The van der Waals surface area contributed by atoms with Crippen LogP contribution in [-0.4, -0.2) is 39.0 Å². The lowest BCUT2D eigenvalue weighted by atomic mass is 9.91. The van der Waals surface area contributed by atoms with E-state index in [9.17, 15) is 0 Å². The molecular formula is C14H27N5. The van der Waals surface area contributed by atoms with Crippen LogP contribution >= 0.6 is 0 Å². The van der Waals surface area contributed by atoms with E-state index < -0.39 is 0 Å². The van der Waals surface area contributed by atoms with E-state index in [2.05, 4.69) is 49.1 Å². The van der Waals surface area contributed by atoms with Gasteiger partial charge in [0.2, 0.25) is 0 Å². The first-order valence-corrected chi connectivity index (χ1v) is 7.27. The van der Waals surface area contributed by atoms with Crippen LogP contribution in [0.15, 0.2) is 6.20 Å². The molecule has 5 nitrogen and oxygen atoms in total. The second-order valence-corrected chi connectivity index (χ2v) is 6.72. The standard InChI is InChI=1S/C14H27N5/c1-11-6-5-7-18(13(11)8-15)9-12-10-19(17-16-12)14(2,3)4/h10-11,13H,5-9,15H2,1-4H3. The third-order valence-corrected chi connectivity index (χ3v) is 4.07. The molecule has 2 heterocycles. The fourth-order valence-corrected chi connectivity index (χ4v) is 2.82. The lowest BCUT2D eigenvalue weighted by molar-refractivity contribution is 0.0977. The third kappa shape index (κ3) is 3.34. The number of rotatable bonds is 3. The zero-order valence-electron chi connectivity index (χ0n) is 12.6. The number of hydrogen-bond acceptors (Lipinski definition) is 4. The molecule has 108 valence electrons. The number of aromatic nitrogens is 3. The molecule has 0 aliphatic carbocycles. The summed E-state index contributed by atoms with van der Waals surface area (Å²) in [5.74, 6) is 0.677. The van der Waals surface area contributed by atoms with Crippen molar-refractivity contribution in [3.63, 3.8) is 0 Å². The number of piperidine rings is 1. The van der Waals surface area contributed by atoms with Crippen LogP contribution in [0.5, 0.6) is 0 Å². The molecule has 2 unspecified atom stereocenters. The Morgan fingerprint density at radius 2 is 2.16 bits per heavy atom. The van der Waals surface area contributed by atoms with Crippen molar-refractivity contribution in [1.82, 2.24) is 19.9 Å². The van der Waals surface area contributed by atoms with Crippen molar-refractivity contribution in [1.29, 1.82) is 0 Å². The molecule has 0 saturated carbocycles. The predicted octanol–water partition coefficient (Wildman–Crippen LogP) is 1.59. The fraction of sp³-hybridized carbons (Fsp3) is 0.857. The zero-order chi connectivity index (χ0) is 14.0. The molecular weight excluding hydrogens is 238 g/mol. The molecule has 0 spiro atoms. The number of hydrogen-bond donors (Lipinski definition) is 1. The van der Waals surface area contributed by atoms with Gasteiger partial charge < -0.3 is 5.73 Å². The Bertz CT molecular complexity index is 406. The Morgan fingerprint density at radius 1 is 1.42 bits per heavy atom. The molecule has 1 fully saturated rings. The van der Waals surface area contributed by atoms with Crippen LogP contribution in [0.4, 0.5) is 0 Å². The first-order chi connectivity index (χ1) is 8.91. The van der Waals surface area contributed by atoms with Gasteiger partial charge >= 0.3 is 0 Å². The van der Waals surface area contributed by atoms with Crippen LogP contribution in [0.25, 0.3) is 0 Å². The molecule has 2 N–H and O–H groups in total. The van der Waals surface area contributed by atoms with Crippen LogP contribution < -0.4 is 5.73 Å². The predicted molar refractivity (Wildman–Crippen MR) is 76.7 cm³/mol. The van der Waals surface area contributed by atoms with Gasteiger partial charge in [-0.2, -0.15) is 0 Å². The Labute approximate surface area is 116 Å². The Morgan fingerprint density at radius 3 is 2.74 bits per heavy atom. The molecule has 0 bridgehead atoms. The van der Waals surface area contributed by atoms with Crippen molar-refractivity contribution < 1.29 is 0 Å². The minimum absolute atomic E-state index is 0.00624. The monoisotopic (exact) mass is 265 g/mol. The highest BCUT2D eigenvalue weighted by molar-refractivity contribution is 4.97. The molecule has 2 atom stereocenters. The molecule has 1 aromatic heterocycles. The van der Waals surface area contributed by atoms with E-state index in [1.54, 1.807) is 0 Å². The number of likely N-dealkylation sites (tertiary alicyclic amines) is 1. The second-order valence-electron chi connectivity index (χ2n) is 6.72. The van der Waals surface area contributed by atoms with Gasteiger partial charge in [-0.15, -0.1) is 5.10 Å². The molecule has 1 saturated heterocycles. The van der Waals surface area contributed by atoms with Gasteiger partial charge in [0.1, 0.15) is 0 Å². The average molecular weight is 265 g/mol. The van der Waals surface area contributed by atoms with Gasteiger partial charge in [-0.25, -0.2) is 4.68 Å². The summed E-state index contributed by atoms with van der Waals surface area (Å²) in [7, 11) is 0. The average Bonchev–Trinajstić information content (AvgIpc) is 2.77. The molecule has 0 radical (unpaired) electrons. The summed E-state index contributed by atoms with van der Waals surface area (Å²) in [6.07, 6.45) is 4.60. The van der Waals surface area contributed by atoms with Crippen LogP contribution in [0.3, 0.4) is 0 Å². The summed E-state index contributed by atoms with van der Waals surface area (Å²) in [5, 5.41) is 8.53. The van der Waals surface area contributed by atoms with Crippen LogP contribution in [-0.2, 0) is 12.1 Å². The topological polar surface area (TPSA) is 60.0 Å². The highest BCUT2D eigenvalue weighted by Crippen LogP contribution is 2.24. The maximum atomic E-state index is 5.93. The van der Waals surface area contributed by atoms with Crippen LogP contribution in [0.1, 0.15) is 46.2 Å².